The van der Waals surface area contributed by atoms with Crippen LogP contribution in [0.15, 0.2) is 11.6 Å². The van der Waals surface area contributed by atoms with Gasteiger partial charge in [0.2, 0.25) is 0 Å². The maximum Gasteiger partial charge on any atom is 0.155 e. The summed E-state index contributed by atoms with van der Waals surface area (Å²) in [4.78, 5) is 24.1. The lowest BCUT2D eigenvalue weighted by molar-refractivity contribution is -0.216. The Balaban J connectivity index is 1.77. The molecule has 0 radical (unpaired) electrons. The number of aliphatic hydroxyl groups is 2. The predicted octanol–water partition coefficient (Wildman–Crippen LogP) is 2.81. The van der Waals surface area contributed by atoms with Crippen molar-refractivity contribution in [3.05, 3.63) is 11.6 Å². The van der Waals surface area contributed by atoms with Crippen LogP contribution >= 0.6 is 0 Å². The summed E-state index contributed by atoms with van der Waals surface area (Å²) in [5.74, 6) is 0.329. The Morgan fingerprint density at radius 1 is 1.16 bits per heavy atom. The van der Waals surface area contributed by atoms with E-state index in [4.69, 9.17) is 0 Å². The van der Waals surface area contributed by atoms with Gasteiger partial charge < -0.3 is 10.2 Å². The lowest BCUT2D eigenvalue weighted by Crippen LogP contribution is -2.64. The summed E-state index contributed by atoms with van der Waals surface area (Å²) in [7, 11) is 0. The number of allylic oxidation sites excluding steroid dienone is 1. The van der Waals surface area contributed by atoms with Gasteiger partial charge in [-0.3, -0.25) is 9.59 Å². The Morgan fingerprint density at radius 3 is 2.56 bits per heavy atom. The van der Waals surface area contributed by atoms with Crippen molar-refractivity contribution in [2.75, 3.05) is 0 Å². The minimum Gasteiger partial charge on any atom is -0.390 e. The van der Waals surface area contributed by atoms with Gasteiger partial charge in [0.05, 0.1) is 11.7 Å². The molecule has 0 aliphatic heterocycles. The number of fused-ring (bicyclic) bond motifs is 5. The Labute approximate surface area is 149 Å². The lowest BCUT2D eigenvalue weighted by atomic mass is 9.45. The topological polar surface area (TPSA) is 74.6 Å². The predicted molar refractivity (Wildman–Crippen MR) is 93.7 cm³/mol. The summed E-state index contributed by atoms with van der Waals surface area (Å²) in [6.45, 7) is 5.86. The van der Waals surface area contributed by atoms with E-state index in [0.717, 1.165) is 32.1 Å². The van der Waals surface area contributed by atoms with Crippen LogP contribution in [0, 0.1) is 28.6 Å². The highest BCUT2D eigenvalue weighted by Crippen LogP contribution is 2.68. The number of aliphatic hydroxyl groups excluding tert-OH is 1. The zero-order chi connectivity index (χ0) is 18.2. The van der Waals surface area contributed by atoms with Crippen LogP contribution in [0.5, 0.6) is 0 Å². The van der Waals surface area contributed by atoms with Crippen molar-refractivity contribution in [3.63, 3.8) is 0 Å². The molecule has 3 saturated carbocycles. The van der Waals surface area contributed by atoms with Crippen LogP contribution in [0.2, 0.25) is 0 Å². The van der Waals surface area contributed by atoms with Gasteiger partial charge in [-0.05, 0) is 68.8 Å². The highest BCUT2D eigenvalue weighted by molar-refractivity contribution is 5.91. The van der Waals surface area contributed by atoms with Crippen molar-refractivity contribution in [3.8, 4) is 0 Å². The van der Waals surface area contributed by atoms with Crippen molar-refractivity contribution in [1.29, 1.82) is 0 Å². The first-order chi connectivity index (χ1) is 11.6. The molecule has 4 rings (SSSR count). The van der Waals surface area contributed by atoms with Crippen molar-refractivity contribution in [2.24, 2.45) is 28.6 Å². The van der Waals surface area contributed by atoms with Gasteiger partial charge in [0.25, 0.3) is 0 Å². The fraction of sp³-hybridized carbons (Fsp3) is 0.810. The molecule has 4 aliphatic rings. The normalized spacial score (nSPS) is 52.0. The molecule has 3 fully saturated rings. The van der Waals surface area contributed by atoms with Crippen LogP contribution in [0.25, 0.3) is 0 Å². The van der Waals surface area contributed by atoms with E-state index in [2.05, 4.69) is 6.92 Å². The lowest BCUT2D eigenvalue weighted by Gasteiger charge is -2.61. The van der Waals surface area contributed by atoms with Gasteiger partial charge in [0.1, 0.15) is 5.78 Å². The smallest absolute Gasteiger partial charge is 0.155 e. The second-order valence-electron chi connectivity index (χ2n) is 9.50. The average Bonchev–Trinajstić information content (AvgIpc) is 2.76. The third kappa shape index (κ3) is 2.01. The summed E-state index contributed by atoms with van der Waals surface area (Å²) >= 11 is 0. The third-order valence-electron chi connectivity index (χ3n) is 8.67. The van der Waals surface area contributed by atoms with Gasteiger partial charge >= 0.3 is 0 Å². The molecule has 0 amide bonds. The first-order valence-corrected chi connectivity index (χ1v) is 9.79. The third-order valence-corrected chi connectivity index (χ3v) is 8.67. The molecule has 138 valence electrons. The number of ketones is 2. The Bertz CT molecular complexity index is 667. The number of Topliss-reactive ketones (excluding diaryl/α,β-unsaturated/α-hetero) is 1. The standard InChI is InChI=1S/C21H30O4/c1-12(22)17-11-18(24)21(25)16-5-4-13-10-14(23)6-8-19(13,2)15(16)7-9-20(17,21)3/h10,15-18,24-25H,4-9,11H2,1-3H3/t15?,16?,17?,18-,19-,20+,21+/m0/s1. The molecule has 0 saturated heterocycles. The zero-order valence-corrected chi connectivity index (χ0v) is 15.5. The fourth-order valence-electron chi connectivity index (χ4n) is 7.20. The van der Waals surface area contributed by atoms with E-state index in [-0.39, 0.29) is 34.7 Å². The van der Waals surface area contributed by atoms with Crippen molar-refractivity contribution < 1.29 is 19.8 Å². The number of carbonyl (C=O) groups is 2. The quantitative estimate of drug-likeness (QED) is 0.766. The molecule has 0 spiro atoms. The van der Waals surface area contributed by atoms with Gasteiger partial charge in [0.15, 0.2) is 5.78 Å². The zero-order valence-electron chi connectivity index (χ0n) is 15.5. The summed E-state index contributed by atoms with van der Waals surface area (Å²) in [6.07, 6.45) is 6.16. The summed E-state index contributed by atoms with van der Waals surface area (Å²) in [5, 5.41) is 22.7. The average molecular weight is 346 g/mol. The second kappa shape index (κ2) is 5.26. The monoisotopic (exact) mass is 346 g/mol. The molecular weight excluding hydrogens is 316 g/mol. The fourth-order valence-corrected chi connectivity index (χ4v) is 7.20. The van der Waals surface area contributed by atoms with Gasteiger partial charge in [-0.2, -0.15) is 0 Å². The van der Waals surface area contributed by atoms with Gasteiger partial charge in [0, 0.05) is 17.8 Å². The molecule has 25 heavy (non-hydrogen) atoms. The largest absolute Gasteiger partial charge is 0.390 e. The molecule has 3 unspecified atom stereocenters. The van der Waals surface area contributed by atoms with E-state index in [1.807, 2.05) is 13.0 Å². The van der Waals surface area contributed by atoms with Gasteiger partial charge in [-0.1, -0.05) is 19.4 Å². The Hall–Kier alpha value is -1.00. The van der Waals surface area contributed by atoms with Gasteiger partial charge in [-0.25, -0.2) is 0 Å². The number of carbonyl (C=O) groups excluding carboxylic acids is 2. The van der Waals surface area contributed by atoms with E-state index < -0.39 is 17.1 Å². The van der Waals surface area contributed by atoms with Crippen LogP contribution in [0.1, 0.15) is 65.7 Å². The van der Waals surface area contributed by atoms with Crippen molar-refractivity contribution >= 4 is 11.6 Å². The van der Waals surface area contributed by atoms with Crippen molar-refractivity contribution in [1.82, 2.24) is 0 Å². The van der Waals surface area contributed by atoms with E-state index in [1.54, 1.807) is 6.92 Å². The molecule has 0 aromatic carbocycles. The van der Waals surface area contributed by atoms with E-state index in [0.29, 0.717) is 12.8 Å². The van der Waals surface area contributed by atoms with Crippen LogP contribution < -0.4 is 0 Å². The first-order valence-electron chi connectivity index (χ1n) is 9.79. The molecule has 2 N–H and O–H groups in total. The Morgan fingerprint density at radius 2 is 1.88 bits per heavy atom. The second-order valence-corrected chi connectivity index (χ2v) is 9.50. The molecule has 4 nitrogen and oxygen atoms in total. The molecule has 4 aliphatic carbocycles. The maximum atomic E-state index is 12.2. The number of rotatable bonds is 1. The minimum atomic E-state index is -1.19. The van der Waals surface area contributed by atoms with Crippen LogP contribution in [-0.2, 0) is 9.59 Å². The van der Waals surface area contributed by atoms with E-state index >= 15 is 0 Å². The molecule has 0 heterocycles. The van der Waals surface area contributed by atoms with E-state index in [1.165, 1.54) is 5.57 Å². The van der Waals surface area contributed by atoms with Gasteiger partial charge in [-0.15, -0.1) is 0 Å². The summed E-state index contributed by atoms with van der Waals surface area (Å²) in [6, 6.07) is 0. The highest BCUT2D eigenvalue weighted by Gasteiger charge is 2.70. The minimum absolute atomic E-state index is 0.000882. The van der Waals surface area contributed by atoms with Crippen molar-refractivity contribution in [2.45, 2.75) is 77.4 Å². The maximum absolute atomic E-state index is 12.2. The number of hydrogen-bond acceptors (Lipinski definition) is 4. The molecule has 0 bridgehead atoms. The SMILES string of the molecule is CC(=O)C1C[C@H](O)[C@]2(O)C3CCC4=CC(=O)CC[C@]4(C)C3CC[C@]12C. The molecule has 0 aromatic heterocycles. The van der Waals surface area contributed by atoms with Crippen LogP contribution in [0.4, 0.5) is 0 Å². The van der Waals surface area contributed by atoms with Crippen LogP contribution in [-0.4, -0.2) is 33.5 Å². The van der Waals surface area contributed by atoms with Crippen LogP contribution in [0.3, 0.4) is 0 Å². The summed E-state index contributed by atoms with van der Waals surface area (Å²) in [5.41, 5.74) is -0.543. The molecule has 7 atom stereocenters. The first kappa shape index (κ1) is 17.4. The molecule has 4 heteroatoms. The number of hydrogen-bond donors (Lipinski definition) is 2. The van der Waals surface area contributed by atoms with E-state index in [9.17, 15) is 19.8 Å². The molecular formula is C21H30O4. The molecule has 0 aromatic rings. The highest BCUT2D eigenvalue weighted by atomic mass is 16.3. The Kier molecular flexibility index (Phi) is 3.66. The summed E-state index contributed by atoms with van der Waals surface area (Å²) < 4.78 is 0.